The maximum Gasteiger partial charge on any atom is 0.342 e. The lowest BCUT2D eigenvalue weighted by atomic mass is 10.1. The zero-order valence-corrected chi connectivity index (χ0v) is 8.27. The van der Waals surface area contributed by atoms with Crippen molar-refractivity contribution in [3.05, 3.63) is 40.2 Å². The van der Waals surface area contributed by atoms with Gasteiger partial charge in [-0.25, -0.2) is 4.79 Å². The van der Waals surface area contributed by atoms with E-state index in [1.54, 1.807) is 24.3 Å². The molecule has 1 heterocycles. The molecule has 0 aliphatic heterocycles. The van der Waals surface area contributed by atoms with Crippen LogP contribution in [-0.4, -0.2) is 11.1 Å². The number of nitrogens with two attached hydrogens (primary N) is 1. The Morgan fingerprint density at radius 3 is 2.75 bits per heavy atom. The average Bonchev–Trinajstić information content (AvgIpc) is 2.24. The van der Waals surface area contributed by atoms with Crippen LogP contribution in [0.4, 0.5) is 5.69 Å². The molecule has 0 aliphatic carbocycles. The van der Waals surface area contributed by atoms with Crippen LogP contribution in [-0.2, 0) is 11.2 Å². The molecule has 2 aromatic rings. The Hall–Kier alpha value is -2.30. The van der Waals surface area contributed by atoms with Gasteiger partial charge >= 0.3 is 11.6 Å². The minimum Gasteiger partial charge on any atom is -0.481 e. The number of carboxylic acids is 1. The summed E-state index contributed by atoms with van der Waals surface area (Å²) in [6.45, 7) is 0. The highest BCUT2D eigenvalue weighted by molar-refractivity contribution is 5.91. The Morgan fingerprint density at radius 1 is 1.38 bits per heavy atom. The first-order valence-corrected chi connectivity index (χ1v) is 4.61. The zero-order valence-electron chi connectivity index (χ0n) is 8.27. The number of anilines is 1. The van der Waals surface area contributed by atoms with E-state index in [-0.39, 0.29) is 11.3 Å². The smallest absolute Gasteiger partial charge is 0.342 e. The predicted molar refractivity (Wildman–Crippen MR) is 58.2 cm³/mol. The van der Waals surface area contributed by atoms with Crippen LogP contribution in [0.2, 0.25) is 0 Å². The number of fused-ring (bicyclic) bond motifs is 1. The van der Waals surface area contributed by atoms with E-state index in [1.165, 1.54) is 0 Å². The van der Waals surface area contributed by atoms with Gasteiger partial charge in [-0.3, -0.25) is 4.79 Å². The fraction of sp³-hybridized carbons (Fsp3) is 0.0909. The second-order valence-electron chi connectivity index (χ2n) is 3.35. The molecule has 0 amide bonds. The van der Waals surface area contributed by atoms with Crippen LogP contribution < -0.4 is 11.4 Å². The van der Waals surface area contributed by atoms with Crippen molar-refractivity contribution < 1.29 is 14.3 Å². The molecular formula is C11H9NO4. The Bertz CT molecular complexity index is 615. The predicted octanol–water partition coefficient (Wildman–Crippen LogP) is 1.00. The molecule has 3 N–H and O–H groups in total. The summed E-state index contributed by atoms with van der Waals surface area (Å²) in [7, 11) is 0. The molecule has 2 rings (SSSR count). The summed E-state index contributed by atoms with van der Waals surface area (Å²) in [4.78, 5) is 22.1. The summed E-state index contributed by atoms with van der Waals surface area (Å²) in [5.74, 6) is -1.12. The number of hydrogen-bond acceptors (Lipinski definition) is 4. The lowest BCUT2D eigenvalue weighted by Gasteiger charge is -2.04. The first kappa shape index (κ1) is 10.2. The lowest BCUT2D eigenvalue weighted by Crippen LogP contribution is -2.15. The number of rotatable bonds is 2. The first-order valence-electron chi connectivity index (χ1n) is 4.61. The minimum absolute atomic E-state index is 0.00815. The van der Waals surface area contributed by atoms with E-state index in [9.17, 15) is 9.59 Å². The molecule has 1 aromatic carbocycles. The molecule has 82 valence electrons. The summed E-state index contributed by atoms with van der Waals surface area (Å²) < 4.78 is 4.98. The number of hydrogen-bond donors (Lipinski definition) is 2. The fourth-order valence-corrected chi connectivity index (χ4v) is 1.53. The van der Waals surface area contributed by atoms with Crippen molar-refractivity contribution in [3.8, 4) is 0 Å². The van der Waals surface area contributed by atoms with Gasteiger partial charge in [0.25, 0.3) is 0 Å². The van der Waals surface area contributed by atoms with Crippen molar-refractivity contribution in [1.29, 1.82) is 0 Å². The summed E-state index contributed by atoms with van der Waals surface area (Å²) in [5, 5.41) is 9.21. The van der Waals surface area contributed by atoms with Gasteiger partial charge in [0.1, 0.15) is 5.58 Å². The van der Waals surface area contributed by atoms with E-state index in [1.807, 2.05) is 0 Å². The maximum absolute atomic E-state index is 11.5. The van der Waals surface area contributed by atoms with Crippen LogP contribution in [0.3, 0.4) is 0 Å². The van der Waals surface area contributed by atoms with Crippen LogP contribution in [0.5, 0.6) is 0 Å². The molecule has 0 atom stereocenters. The van der Waals surface area contributed by atoms with E-state index in [0.717, 1.165) is 0 Å². The van der Waals surface area contributed by atoms with Gasteiger partial charge in [0.05, 0.1) is 17.7 Å². The van der Waals surface area contributed by atoms with E-state index in [0.29, 0.717) is 11.0 Å². The van der Waals surface area contributed by atoms with Crippen molar-refractivity contribution in [2.45, 2.75) is 6.42 Å². The normalized spacial score (nSPS) is 10.5. The van der Waals surface area contributed by atoms with Crippen LogP contribution in [0.15, 0.2) is 33.5 Å². The molecule has 5 nitrogen and oxygen atoms in total. The van der Waals surface area contributed by atoms with Crippen molar-refractivity contribution in [2.75, 3.05) is 5.73 Å². The summed E-state index contributed by atoms with van der Waals surface area (Å²) in [5.41, 5.74) is 5.58. The SMILES string of the molecule is Nc1c(CC(=O)O)c(=O)oc2ccccc12. The van der Waals surface area contributed by atoms with Crippen molar-refractivity contribution in [2.24, 2.45) is 0 Å². The molecule has 0 spiro atoms. The molecule has 0 aliphatic rings. The second kappa shape index (κ2) is 3.69. The van der Waals surface area contributed by atoms with Crippen LogP contribution in [0, 0.1) is 0 Å². The van der Waals surface area contributed by atoms with Gasteiger partial charge in [-0.1, -0.05) is 12.1 Å². The first-order chi connectivity index (χ1) is 7.59. The molecule has 0 radical (unpaired) electrons. The molecule has 16 heavy (non-hydrogen) atoms. The van der Waals surface area contributed by atoms with Gasteiger partial charge < -0.3 is 15.3 Å². The zero-order chi connectivity index (χ0) is 11.7. The largest absolute Gasteiger partial charge is 0.481 e. The van der Waals surface area contributed by atoms with Crippen molar-refractivity contribution in [3.63, 3.8) is 0 Å². The van der Waals surface area contributed by atoms with Gasteiger partial charge in [0.15, 0.2) is 0 Å². The molecule has 0 bridgehead atoms. The lowest BCUT2D eigenvalue weighted by molar-refractivity contribution is -0.136. The summed E-state index contributed by atoms with van der Waals surface area (Å²) in [6.07, 6.45) is -0.432. The summed E-state index contributed by atoms with van der Waals surface area (Å²) in [6, 6.07) is 6.74. The number of para-hydroxylation sites is 1. The third-order valence-electron chi connectivity index (χ3n) is 2.28. The fourth-order valence-electron chi connectivity index (χ4n) is 1.53. The van der Waals surface area contributed by atoms with Crippen LogP contribution in [0.25, 0.3) is 11.0 Å². The third-order valence-corrected chi connectivity index (χ3v) is 2.28. The van der Waals surface area contributed by atoms with Crippen molar-refractivity contribution >= 4 is 22.6 Å². The monoisotopic (exact) mass is 219 g/mol. The third kappa shape index (κ3) is 1.63. The maximum atomic E-state index is 11.5. The molecule has 5 heteroatoms. The molecule has 0 saturated carbocycles. The minimum atomic E-state index is -1.12. The van der Waals surface area contributed by atoms with Gasteiger partial charge in [0, 0.05) is 5.39 Å². The molecule has 1 aromatic heterocycles. The highest BCUT2D eigenvalue weighted by Crippen LogP contribution is 2.21. The van der Waals surface area contributed by atoms with Crippen LogP contribution in [0.1, 0.15) is 5.56 Å². The van der Waals surface area contributed by atoms with E-state index < -0.39 is 18.0 Å². The van der Waals surface area contributed by atoms with Gasteiger partial charge in [-0.15, -0.1) is 0 Å². The Kier molecular flexibility index (Phi) is 2.36. The number of carboxylic acid groups (broad SMARTS) is 1. The number of aliphatic carboxylic acids is 1. The van der Waals surface area contributed by atoms with Gasteiger partial charge in [0.2, 0.25) is 0 Å². The quantitative estimate of drug-likeness (QED) is 0.735. The summed E-state index contributed by atoms with van der Waals surface area (Å²) >= 11 is 0. The number of nitrogen functional groups attached to an aromatic ring is 1. The highest BCUT2D eigenvalue weighted by atomic mass is 16.4. The number of carbonyl (C=O) groups is 1. The van der Waals surface area contributed by atoms with Gasteiger partial charge in [-0.2, -0.15) is 0 Å². The van der Waals surface area contributed by atoms with Gasteiger partial charge in [-0.05, 0) is 12.1 Å². The van der Waals surface area contributed by atoms with Crippen LogP contribution >= 0.6 is 0 Å². The highest BCUT2D eigenvalue weighted by Gasteiger charge is 2.14. The Labute approximate surface area is 90.1 Å². The molecule has 0 unspecified atom stereocenters. The molecule has 0 fully saturated rings. The Morgan fingerprint density at radius 2 is 2.06 bits per heavy atom. The molecule has 0 saturated heterocycles. The van der Waals surface area contributed by atoms with Crippen molar-refractivity contribution in [1.82, 2.24) is 0 Å². The topological polar surface area (TPSA) is 93.5 Å². The molecular weight excluding hydrogens is 210 g/mol. The van der Waals surface area contributed by atoms with E-state index >= 15 is 0 Å². The standard InChI is InChI=1S/C11H9NO4/c12-10-6-3-1-2-4-8(6)16-11(15)7(10)5-9(13)14/h1-4H,5,12H2,(H,13,14). The van der Waals surface area contributed by atoms with E-state index in [4.69, 9.17) is 15.3 Å². The average molecular weight is 219 g/mol. The second-order valence-corrected chi connectivity index (χ2v) is 3.35. The Balaban J connectivity index is 2.75. The number of benzene rings is 1. The van der Waals surface area contributed by atoms with E-state index in [2.05, 4.69) is 0 Å².